The van der Waals surface area contributed by atoms with Gasteiger partial charge in [0.1, 0.15) is 11.6 Å². The Balaban J connectivity index is 1.81. The molecule has 1 aliphatic carbocycles. The van der Waals surface area contributed by atoms with Crippen LogP contribution in [0.5, 0.6) is 0 Å². The molecule has 0 bridgehead atoms. The molecule has 0 aromatic carbocycles. The topological polar surface area (TPSA) is 41.3 Å². The maximum Gasteiger partial charge on any atom is 0.127 e. The van der Waals surface area contributed by atoms with Gasteiger partial charge < -0.3 is 14.6 Å². The van der Waals surface area contributed by atoms with E-state index < -0.39 is 0 Å². The minimum absolute atomic E-state index is 0.641. The van der Waals surface area contributed by atoms with Crippen LogP contribution in [-0.2, 0) is 6.54 Å². The molecule has 2 aromatic heterocycles. The van der Waals surface area contributed by atoms with Crippen LogP contribution in [0.4, 0.5) is 11.5 Å². The van der Waals surface area contributed by atoms with Crippen LogP contribution in [0.1, 0.15) is 25.5 Å². The van der Waals surface area contributed by atoms with Crippen molar-refractivity contribution in [3.05, 3.63) is 42.5 Å². The summed E-state index contributed by atoms with van der Waals surface area (Å²) in [7, 11) is 0. The van der Waals surface area contributed by atoms with E-state index >= 15 is 0 Å². The summed E-state index contributed by atoms with van der Waals surface area (Å²) in [5, 5.41) is 3.26. The molecule has 4 heteroatoms. The zero-order chi connectivity index (χ0) is 13.1. The zero-order valence-corrected chi connectivity index (χ0v) is 11.2. The molecule has 3 rings (SSSR count). The van der Waals surface area contributed by atoms with Crippen molar-refractivity contribution >= 4 is 11.5 Å². The molecule has 100 valence electrons. The summed E-state index contributed by atoms with van der Waals surface area (Å²) in [6.07, 6.45) is 6.13. The van der Waals surface area contributed by atoms with Crippen LogP contribution in [0.15, 0.2) is 41.1 Å². The summed E-state index contributed by atoms with van der Waals surface area (Å²) in [5.41, 5.74) is 1.21. The number of furan rings is 1. The number of nitrogens with zero attached hydrogens (tertiary/aromatic N) is 2. The molecule has 0 aliphatic heterocycles. The Morgan fingerprint density at radius 1 is 1.42 bits per heavy atom. The molecule has 1 fully saturated rings. The molecule has 0 spiro atoms. The number of nitrogens with one attached hydrogen (secondary N) is 1. The molecule has 1 aliphatic rings. The van der Waals surface area contributed by atoms with Gasteiger partial charge in [0.2, 0.25) is 0 Å². The minimum Gasteiger partial charge on any atom is -0.467 e. The highest BCUT2D eigenvalue weighted by Gasteiger charge is 2.30. The van der Waals surface area contributed by atoms with Crippen LogP contribution in [-0.4, -0.2) is 17.6 Å². The molecule has 2 aromatic rings. The van der Waals surface area contributed by atoms with Gasteiger partial charge in [-0.05, 0) is 38.0 Å². The molecule has 0 unspecified atom stereocenters. The predicted octanol–water partition coefficient (Wildman–Crippen LogP) is 3.28. The first-order valence-corrected chi connectivity index (χ1v) is 6.86. The minimum atomic E-state index is 0.641. The Hall–Kier alpha value is -1.97. The number of anilines is 2. The molecular formula is C15H19N3O. The van der Waals surface area contributed by atoms with E-state index in [0.29, 0.717) is 6.04 Å². The zero-order valence-electron chi connectivity index (χ0n) is 11.2. The first-order chi connectivity index (χ1) is 9.36. The van der Waals surface area contributed by atoms with Crippen molar-refractivity contribution in [1.82, 2.24) is 4.98 Å². The van der Waals surface area contributed by atoms with Gasteiger partial charge in [-0.2, -0.15) is 0 Å². The lowest BCUT2D eigenvalue weighted by atomic mass is 10.3. The van der Waals surface area contributed by atoms with Crippen LogP contribution < -0.4 is 10.2 Å². The van der Waals surface area contributed by atoms with Crippen molar-refractivity contribution in [2.75, 3.05) is 16.8 Å². The average Bonchev–Trinajstić information content (AvgIpc) is 3.14. The lowest BCUT2D eigenvalue weighted by Gasteiger charge is -2.24. The van der Waals surface area contributed by atoms with Gasteiger partial charge in [-0.25, -0.2) is 4.98 Å². The molecule has 1 saturated carbocycles. The molecule has 1 N–H and O–H groups in total. The predicted molar refractivity (Wildman–Crippen MR) is 76.3 cm³/mol. The summed E-state index contributed by atoms with van der Waals surface area (Å²) in [5.74, 6) is 1.94. The summed E-state index contributed by atoms with van der Waals surface area (Å²) in [6, 6.07) is 8.80. The van der Waals surface area contributed by atoms with E-state index in [1.54, 1.807) is 6.26 Å². The molecule has 0 atom stereocenters. The highest BCUT2D eigenvalue weighted by molar-refractivity contribution is 5.55. The third kappa shape index (κ3) is 2.89. The highest BCUT2D eigenvalue weighted by Crippen LogP contribution is 2.33. The first kappa shape index (κ1) is 12.1. The van der Waals surface area contributed by atoms with Crippen LogP contribution in [0.3, 0.4) is 0 Å². The number of hydrogen-bond donors (Lipinski definition) is 1. The standard InChI is InChI=1S/C15H19N3O/c1-2-16-15-10-13(7-8-17-15)18(12-5-6-12)11-14-4-3-9-19-14/h3-4,7-10,12H,2,5-6,11H2,1H3,(H,16,17). The summed E-state index contributed by atoms with van der Waals surface area (Å²) in [4.78, 5) is 6.73. The second kappa shape index (κ2) is 5.34. The van der Waals surface area contributed by atoms with Crippen molar-refractivity contribution in [2.45, 2.75) is 32.4 Å². The number of aromatic nitrogens is 1. The van der Waals surface area contributed by atoms with Crippen molar-refractivity contribution in [2.24, 2.45) is 0 Å². The van der Waals surface area contributed by atoms with Crippen LogP contribution >= 0.6 is 0 Å². The first-order valence-electron chi connectivity index (χ1n) is 6.86. The normalized spacial score (nSPS) is 14.4. The van der Waals surface area contributed by atoms with E-state index in [4.69, 9.17) is 4.42 Å². The van der Waals surface area contributed by atoms with Crippen LogP contribution in [0.2, 0.25) is 0 Å². The van der Waals surface area contributed by atoms with Gasteiger partial charge in [0.25, 0.3) is 0 Å². The molecule has 0 amide bonds. The maximum atomic E-state index is 5.47. The third-order valence-electron chi connectivity index (χ3n) is 3.33. The Bertz CT molecular complexity index is 520. The summed E-state index contributed by atoms with van der Waals surface area (Å²) >= 11 is 0. The maximum absolute atomic E-state index is 5.47. The van der Waals surface area contributed by atoms with E-state index in [2.05, 4.69) is 34.3 Å². The monoisotopic (exact) mass is 257 g/mol. The van der Waals surface area contributed by atoms with Crippen molar-refractivity contribution in [1.29, 1.82) is 0 Å². The number of rotatable bonds is 6. The molecule has 19 heavy (non-hydrogen) atoms. The quantitative estimate of drug-likeness (QED) is 0.862. The van der Waals surface area contributed by atoms with Gasteiger partial charge in [0, 0.05) is 30.5 Å². The van der Waals surface area contributed by atoms with E-state index in [9.17, 15) is 0 Å². The second-order valence-corrected chi connectivity index (χ2v) is 4.87. The van der Waals surface area contributed by atoms with Gasteiger partial charge in [-0.3, -0.25) is 0 Å². The fraction of sp³-hybridized carbons (Fsp3) is 0.400. The second-order valence-electron chi connectivity index (χ2n) is 4.87. The SMILES string of the molecule is CCNc1cc(N(Cc2ccco2)C2CC2)ccn1. The Morgan fingerprint density at radius 2 is 2.32 bits per heavy atom. The largest absolute Gasteiger partial charge is 0.467 e. The average molecular weight is 257 g/mol. The molecular weight excluding hydrogens is 238 g/mol. The smallest absolute Gasteiger partial charge is 0.127 e. The van der Waals surface area contributed by atoms with Crippen molar-refractivity contribution in [3.8, 4) is 0 Å². The van der Waals surface area contributed by atoms with E-state index in [0.717, 1.165) is 24.7 Å². The van der Waals surface area contributed by atoms with Gasteiger partial charge in [0.15, 0.2) is 0 Å². The van der Waals surface area contributed by atoms with Gasteiger partial charge in [-0.1, -0.05) is 0 Å². The Kier molecular flexibility index (Phi) is 3.40. The molecule has 0 radical (unpaired) electrons. The van der Waals surface area contributed by atoms with Crippen molar-refractivity contribution < 1.29 is 4.42 Å². The van der Waals surface area contributed by atoms with Crippen LogP contribution in [0.25, 0.3) is 0 Å². The molecule has 0 saturated heterocycles. The van der Waals surface area contributed by atoms with E-state index in [1.807, 2.05) is 18.3 Å². The van der Waals surface area contributed by atoms with Gasteiger partial charge in [0.05, 0.1) is 12.8 Å². The van der Waals surface area contributed by atoms with Gasteiger partial charge in [-0.15, -0.1) is 0 Å². The molecule has 2 heterocycles. The fourth-order valence-electron chi connectivity index (χ4n) is 2.26. The van der Waals surface area contributed by atoms with Crippen LogP contribution in [0, 0.1) is 0 Å². The highest BCUT2D eigenvalue weighted by atomic mass is 16.3. The van der Waals surface area contributed by atoms with E-state index in [-0.39, 0.29) is 0 Å². The lowest BCUT2D eigenvalue weighted by molar-refractivity contribution is 0.501. The van der Waals surface area contributed by atoms with Crippen molar-refractivity contribution in [3.63, 3.8) is 0 Å². The third-order valence-corrected chi connectivity index (χ3v) is 3.33. The molecule has 4 nitrogen and oxygen atoms in total. The van der Waals surface area contributed by atoms with Gasteiger partial charge >= 0.3 is 0 Å². The number of pyridine rings is 1. The summed E-state index contributed by atoms with van der Waals surface area (Å²) < 4.78 is 5.47. The summed E-state index contributed by atoms with van der Waals surface area (Å²) in [6.45, 7) is 3.79. The fourth-order valence-corrected chi connectivity index (χ4v) is 2.26. The lowest BCUT2D eigenvalue weighted by Crippen LogP contribution is -2.24. The Labute approximate surface area is 113 Å². The Morgan fingerprint density at radius 3 is 3.00 bits per heavy atom. The van der Waals surface area contributed by atoms with E-state index in [1.165, 1.54) is 18.5 Å². The number of hydrogen-bond acceptors (Lipinski definition) is 4.